The van der Waals surface area contributed by atoms with Crippen molar-refractivity contribution >= 4 is 5.78 Å². The standard InChI is InChI=1S/C13H16NO/c14-13(9-5-2-6-10-13)12(15)11-7-3-1-4-8-11/h1,3-4,7-8,14H,2,5-6,9-10H2. The molecule has 0 aromatic heterocycles. The number of hydrogen-bond acceptors (Lipinski definition) is 1. The molecule has 1 N–H and O–H groups in total. The lowest BCUT2D eigenvalue weighted by Gasteiger charge is -2.30. The average molecular weight is 202 g/mol. The highest BCUT2D eigenvalue weighted by molar-refractivity contribution is 6.03. The molecule has 0 spiro atoms. The Hall–Kier alpha value is -1.15. The third-order valence-corrected chi connectivity index (χ3v) is 3.18. The summed E-state index contributed by atoms with van der Waals surface area (Å²) in [6.45, 7) is 0. The van der Waals surface area contributed by atoms with Gasteiger partial charge in [0.15, 0.2) is 5.78 Å². The van der Waals surface area contributed by atoms with Crippen molar-refractivity contribution in [1.29, 1.82) is 0 Å². The summed E-state index contributed by atoms with van der Waals surface area (Å²) >= 11 is 0. The fourth-order valence-corrected chi connectivity index (χ4v) is 2.25. The Morgan fingerprint density at radius 2 is 1.67 bits per heavy atom. The third kappa shape index (κ3) is 2.10. The first kappa shape index (κ1) is 10.4. The van der Waals surface area contributed by atoms with Crippen molar-refractivity contribution in [2.24, 2.45) is 0 Å². The quantitative estimate of drug-likeness (QED) is 0.680. The summed E-state index contributed by atoms with van der Waals surface area (Å²) in [4.78, 5) is 12.1. The second-order valence-electron chi connectivity index (χ2n) is 4.34. The minimum atomic E-state index is -0.848. The van der Waals surface area contributed by atoms with E-state index < -0.39 is 5.54 Å². The fraction of sp³-hybridized carbons (Fsp3) is 0.462. The zero-order valence-corrected chi connectivity index (χ0v) is 8.83. The van der Waals surface area contributed by atoms with Crippen LogP contribution in [0.4, 0.5) is 0 Å². The Morgan fingerprint density at radius 1 is 1.07 bits per heavy atom. The van der Waals surface area contributed by atoms with Crippen LogP contribution < -0.4 is 5.73 Å². The molecule has 2 nitrogen and oxygen atoms in total. The van der Waals surface area contributed by atoms with Gasteiger partial charge in [-0.2, -0.15) is 0 Å². The molecule has 79 valence electrons. The van der Waals surface area contributed by atoms with Crippen molar-refractivity contribution in [3.05, 3.63) is 35.9 Å². The van der Waals surface area contributed by atoms with Crippen LogP contribution in [0.25, 0.3) is 0 Å². The van der Waals surface area contributed by atoms with Crippen LogP contribution in [0.1, 0.15) is 42.5 Å². The van der Waals surface area contributed by atoms with Gasteiger partial charge >= 0.3 is 0 Å². The number of carbonyl (C=O) groups excluding carboxylic acids is 1. The predicted octanol–water partition coefficient (Wildman–Crippen LogP) is 2.86. The lowest BCUT2D eigenvalue weighted by molar-refractivity contribution is 0.0839. The van der Waals surface area contributed by atoms with E-state index in [1.807, 2.05) is 30.3 Å². The summed E-state index contributed by atoms with van der Waals surface area (Å²) in [7, 11) is 0. The van der Waals surface area contributed by atoms with E-state index in [2.05, 4.69) is 0 Å². The molecule has 1 saturated carbocycles. The maximum atomic E-state index is 12.1. The van der Waals surface area contributed by atoms with Gasteiger partial charge in [-0.3, -0.25) is 4.79 Å². The van der Waals surface area contributed by atoms with Crippen molar-refractivity contribution in [2.45, 2.75) is 37.6 Å². The number of rotatable bonds is 2. The molecule has 0 unspecified atom stereocenters. The molecular weight excluding hydrogens is 186 g/mol. The van der Waals surface area contributed by atoms with E-state index >= 15 is 0 Å². The first-order valence-corrected chi connectivity index (χ1v) is 5.57. The van der Waals surface area contributed by atoms with Gasteiger partial charge in [-0.1, -0.05) is 49.6 Å². The van der Waals surface area contributed by atoms with Gasteiger partial charge < -0.3 is 0 Å². The smallest absolute Gasteiger partial charge is 0.184 e. The number of Topliss-reactive ketones (excluding diaryl/α,β-unsaturated/α-hetero) is 1. The second-order valence-corrected chi connectivity index (χ2v) is 4.34. The minimum Gasteiger partial charge on any atom is -0.292 e. The molecule has 0 heterocycles. The Morgan fingerprint density at radius 3 is 2.27 bits per heavy atom. The number of nitrogens with one attached hydrogen (secondary N) is 1. The largest absolute Gasteiger partial charge is 0.292 e. The Balaban J connectivity index is 2.20. The van der Waals surface area contributed by atoms with Crippen LogP contribution in [0.5, 0.6) is 0 Å². The number of benzene rings is 1. The highest BCUT2D eigenvalue weighted by Crippen LogP contribution is 2.30. The molecule has 1 aliphatic rings. The molecule has 0 saturated heterocycles. The zero-order valence-electron chi connectivity index (χ0n) is 8.83. The lowest BCUT2D eigenvalue weighted by Crippen LogP contribution is -2.42. The molecule has 1 aromatic carbocycles. The SMILES string of the molecule is [NH]C1(C(=O)c2ccccc2)CCCCC1. The Kier molecular flexibility index (Phi) is 2.87. The molecule has 1 radical (unpaired) electrons. The maximum absolute atomic E-state index is 12.1. The molecule has 0 aliphatic heterocycles. The summed E-state index contributed by atoms with van der Waals surface area (Å²) in [6.07, 6.45) is 4.65. The van der Waals surface area contributed by atoms with Crippen LogP contribution in [0.3, 0.4) is 0 Å². The van der Waals surface area contributed by atoms with E-state index in [0.29, 0.717) is 5.56 Å². The highest BCUT2D eigenvalue weighted by atomic mass is 16.1. The summed E-state index contributed by atoms with van der Waals surface area (Å²) in [5.74, 6) is 0.00259. The minimum absolute atomic E-state index is 0.00259. The van der Waals surface area contributed by atoms with Crippen molar-refractivity contribution in [3.63, 3.8) is 0 Å². The molecule has 2 rings (SSSR count). The van der Waals surface area contributed by atoms with E-state index in [9.17, 15) is 4.79 Å². The number of carbonyl (C=O) groups is 1. The monoisotopic (exact) mass is 202 g/mol. The van der Waals surface area contributed by atoms with Gasteiger partial charge in [-0.25, -0.2) is 5.73 Å². The van der Waals surface area contributed by atoms with Crippen LogP contribution in [-0.4, -0.2) is 11.3 Å². The zero-order chi connectivity index (χ0) is 10.7. The van der Waals surface area contributed by atoms with Crippen LogP contribution in [-0.2, 0) is 0 Å². The van der Waals surface area contributed by atoms with E-state index in [1.54, 1.807) is 0 Å². The number of hydrogen-bond donors (Lipinski definition) is 0. The topological polar surface area (TPSA) is 40.9 Å². The third-order valence-electron chi connectivity index (χ3n) is 3.18. The van der Waals surface area contributed by atoms with Gasteiger partial charge in [0.1, 0.15) is 0 Å². The van der Waals surface area contributed by atoms with E-state index in [0.717, 1.165) is 25.7 Å². The molecule has 1 aromatic rings. The average Bonchev–Trinajstić information content (AvgIpc) is 2.30. The van der Waals surface area contributed by atoms with Crippen LogP contribution >= 0.6 is 0 Å². The van der Waals surface area contributed by atoms with Crippen molar-refractivity contribution in [2.75, 3.05) is 0 Å². The normalized spacial score (nSPS) is 19.8. The molecule has 15 heavy (non-hydrogen) atoms. The molecule has 0 atom stereocenters. The fourth-order valence-electron chi connectivity index (χ4n) is 2.25. The summed E-state index contributed by atoms with van der Waals surface area (Å²) in [6, 6.07) is 9.24. The summed E-state index contributed by atoms with van der Waals surface area (Å²) < 4.78 is 0. The van der Waals surface area contributed by atoms with Gasteiger partial charge in [0.2, 0.25) is 0 Å². The summed E-state index contributed by atoms with van der Waals surface area (Å²) in [5.41, 5.74) is 8.06. The molecule has 0 bridgehead atoms. The van der Waals surface area contributed by atoms with Gasteiger partial charge in [-0.05, 0) is 12.8 Å². The van der Waals surface area contributed by atoms with Crippen molar-refractivity contribution in [3.8, 4) is 0 Å². The summed E-state index contributed by atoms with van der Waals surface area (Å²) in [5, 5.41) is 0. The van der Waals surface area contributed by atoms with E-state index in [1.165, 1.54) is 6.42 Å². The maximum Gasteiger partial charge on any atom is 0.184 e. The Bertz CT molecular complexity index is 339. The molecular formula is C13H16NO. The first-order chi connectivity index (χ1) is 7.22. The van der Waals surface area contributed by atoms with Crippen LogP contribution in [0, 0.1) is 0 Å². The van der Waals surface area contributed by atoms with Gasteiger partial charge in [0.25, 0.3) is 0 Å². The first-order valence-electron chi connectivity index (χ1n) is 5.57. The highest BCUT2D eigenvalue weighted by Gasteiger charge is 2.36. The van der Waals surface area contributed by atoms with Crippen LogP contribution in [0.15, 0.2) is 30.3 Å². The van der Waals surface area contributed by atoms with Crippen molar-refractivity contribution < 1.29 is 4.79 Å². The molecule has 1 fully saturated rings. The Labute approximate surface area is 90.5 Å². The van der Waals surface area contributed by atoms with Gasteiger partial charge in [0.05, 0.1) is 5.54 Å². The van der Waals surface area contributed by atoms with E-state index in [4.69, 9.17) is 5.73 Å². The number of ketones is 1. The van der Waals surface area contributed by atoms with Gasteiger partial charge in [0, 0.05) is 5.56 Å². The lowest BCUT2D eigenvalue weighted by atomic mass is 9.77. The van der Waals surface area contributed by atoms with E-state index in [-0.39, 0.29) is 5.78 Å². The molecule has 0 amide bonds. The predicted molar refractivity (Wildman–Crippen MR) is 59.7 cm³/mol. The van der Waals surface area contributed by atoms with Crippen LogP contribution in [0.2, 0.25) is 0 Å². The van der Waals surface area contributed by atoms with Crippen molar-refractivity contribution in [1.82, 2.24) is 5.73 Å². The molecule has 2 heteroatoms. The second kappa shape index (κ2) is 4.15. The molecule has 1 aliphatic carbocycles. The van der Waals surface area contributed by atoms with Gasteiger partial charge in [-0.15, -0.1) is 0 Å².